The number of aliphatic hydroxyl groups is 1. The van der Waals surface area contributed by atoms with Crippen LogP contribution in [0.4, 0.5) is 5.13 Å². The number of aliphatic hydroxyl groups excluding tert-OH is 1. The second-order valence-corrected chi connectivity index (χ2v) is 9.19. The van der Waals surface area contributed by atoms with Gasteiger partial charge in [0.1, 0.15) is 4.83 Å². The second kappa shape index (κ2) is 7.93. The van der Waals surface area contributed by atoms with Gasteiger partial charge < -0.3 is 15.3 Å². The summed E-state index contributed by atoms with van der Waals surface area (Å²) in [5, 5.41) is 14.9. The van der Waals surface area contributed by atoms with Crippen molar-refractivity contribution in [2.75, 3.05) is 24.5 Å². The van der Waals surface area contributed by atoms with Gasteiger partial charge in [-0.25, -0.2) is 4.98 Å². The third kappa shape index (κ3) is 3.93. The van der Waals surface area contributed by atoms with Crippen molar-refractivity contribution in [1.82, 2.24) is 10.3 Å². The minimum atomic E-state index is -0.976. The Kier molecular flexibility index (Phi) is 5.57. The fourth-order valence-corrected chi connectivity index (χ4v) is 5.92. The zero-order valence-corrected chi connectivity index (χ0v) is 17.4. The molecule has 1 aromatic carbocycles. The Morgan fingerprint density at radius 3 is 2.63 bits per heavy atom. The Hall–Kier alpha value is -1.38. The molecular weight excluding hydrogens is 425 g/mol. The van der Waals surface area contributed by atoms with Crippen LogP contribution in [0, 0.1) is 0 Å². The summed E-state index contributed by atoms with van der Waals surface area (Å²) in [6.07, 6.45) is 1.44. The van der Waals surface area contributed by atoms with E-state index in [1.165, 1.54) is 24.2 Å². The summed E-state index contributed by atoms with van der Waals surface area (Å²) < 4.78 is 1.02. The largest absolute Gasteiger partial charge is 0.386 e. The molecular formula is C18H17Cl2N3O2S2. The Morgan fingerprint density at radius 1 is 1.26 bits per heavy atom. The molecule has 0 bridgehead atoms. The Morgan fingerprint density at radius 2 is 1.96 bits per heavy atom. The molecule has 9 heteroatoms. The van der Waals surface area contributed by atoms with Gasteiger partial charge >= 0.3 is 0 Å². The fourth-order valence-electron chi connectivity index (χ4n) is 3.09. The minimum Gasteiger partial charge on any atom is -0.386 e. The number of amides is 1. The zero-order chi connectivity index (χ0) is 19.0. The molecule has 142 valence electrons. The van der Waals surface area contributed by atoms with E-state index in [4.69, 9.17) is 23.2 Å². The molecule has 0 radical (unpaired) electrons. The van der Waals surface area contributed by atoms with E-state index in [9.17, 15) is 9.90 Å². The van der Waals surface area contributed by atoms with Crippen molar-refractivity contribution < 1.29 is 9.90 Å². The first-order valence-electron chi connectivity index (χ1n) is 8.58. The number of halogens is 2. The molecule has 5 nitrogen and oxygen atoms in total. The van der Waals surface area contributed by atoms with Gasteiger partial charge in [0.15, 0.2) is 5.13 Å². The van der Waals surface area contributed by atoms with E-state index in [0.717, 1.165) is 27.8 Å². The molecule has 3 heterocycles. The van der Waals surface area contributed by atoms with Gasteiger partial charge in [0.05, 0.1) is 15.7 Å². The van der Waals surface area contributed by atoms with Crippen LogP contribution >= 0.6 is 45.9 Å². The number of nitrogens with one attached hydrogen (secondary N) is 1. The SMILES string of the molecule is O=C(NC[C@@H](O)c1c(Cl)cccc1Cl)c1cc2sc(N3CCCC3)nc2s1. The fraction of sp³-hybridized carbons (Fsp3) is 0.333. The van der Waals surface area contributed by atoms with Gasteiger partial charge in [-0.05, 0) is 31.0 Å². The maximum atomic E-state index is 12.4. The van der Waals surface area contributed by atoms with Crippen molar-refractivity contribution in [1.29, 1.82) is 0 Å². The molecule has 0 aliphatic carbocycles. The van der Waals surface area contributed by atoms with E-state index in [2.05, 4.69) is 15.2 Å². The second-order valence-electron chi connectivity index (χ2n) is 6.33. The highest BCUT2D eigenvalue weighted by Crippen LogP contribution is 2.36. The lowest BCUT2D eigenvalue weighted by Crippen LogP contribution is -2.28. The van der Waals surface area contributed by atoms with Crippen molar-refractivity contribution in [3.63, 3.8) is 0 Å². The normalized spacial score (nSPS) is 15.4. The summed E-state index contributed by atoms with van der Waals surface area (Å²) in [5.74, 6) is -0.241. The van der Waals surface area contributed by atoms with Gasteiger partial charge in [0.2, 0.25) is 0 Å². The summed E-state index contributed by atoms with van der Waals surface area (Å²) in [6, 6.07) is 6.89. The number of hydrogen-bond acceptors (Lipinski definition) is 6. The van der Waals surface area contributed by atoms with Crippen molar-refractivity contribution >= 4 is 66.4 Å². The van der Waals surface area contributed by atoms with Crippen LogP contribution in [-0.2, 0) is 0 Å². The first-order valence-corrected chi connectivity index (χ1v) is 11.0. The lowest BCUT2D eigenvalue weighted by atomic mass is 10.1. The lowest BCUT2D eigenvalue weighted by molar-refractivity contribution is 0.0920. The molecule has 1 aliphatic heterocycles. The number of carbonyl (C=O) groups excluding carboxylic acids is 1. The summed E-state index contributed by atoms with van der Waals surface area (Å²) in [6.45, 7) is 2.13. The van der Waals surface area contributed by atoms with Crippen LogP contribution in [0.3, 0.4) is 0 Å². The van der Waals surface area contributed by atoms with E-state index >= 15 is 0 Å². The number of thiophene rings is 1. The topological polar surface area (TPSA) is 65.5 Å². The summed E-state index contributed by atoms with van der Waals surface area (Å²) in [5.41, 5.74) is 0.421. The molecule has 0 spiro atoms. The van der Waals surface area contributed by atoms with Gasteiger partial charge in [0.25, 0.3) is 5.91 Å². The number of thiazole rings is 1. The summed E-state index contributed by atoms with van der Waals surface area (Å²) in [4.78, 5) is 20.9. The molecule has 0 unspecified atom stereocenters. The molecule has 1 saturated heterocycles. The number of nitrogens with zero attached hydrogens (tertiary/aromatic N) is 2. The predicted octanol–water partition coefficient (Wildman–Crippen LogP) is 4.73. The molecule has 1 amide bonds. The quantitative estimate of drug-likeness (QED) is 0.600. The highest BCUT2D eigenvalue weighted by Gasteiger charge is 2.21. The van der Waals surface area contributed by atoms with Crippen LogP contribution in [-0.4, -0.2) is 35.6 Å². The van der Waals surface area contributed by atoms with Crippen LogP contribution in [0.15, 0.2) is 24.3 Å². The summed E-state index contributed by atoms with van der Waals surface area (Å²) >= 11 is 15.2. The van der Waals surface area contributed by atoms with Crippen LogP contribution < -0.4 is 10.2 Å². The van der Waals surface area contributed by atoms with Gasteiger partial charge in [-0.15, -0.1) is 11.3 Å². The standard InChI is InChI=1S/C18H17Cl2N3O2S2/c19-10-4-3-5-11(20)15(10)12(24)9-21-16(25)13-8-14-17(26-13)22-18(27-14)23-6-1-2-7-23/h3-5,8,12,24H,1-2,6-7,9H2,(H,21,25)/t12-/m1/s1. The maximum Gasteiger partial charge on any atom is 0.261 e. The zero-order valence-electron chi connectivity index (χ0n) is 14.2. The number of aromatic nitrogens is 1. The third-order valence-electron chi connectivity index (χ3n) is 4.47. The maximum absolute atomic E-state index is 12.4. The minimum absolute atomic E-state index is 0.0281. The number of hydrogen-bond donors (Lipinski definition) is 2. The van der Waals surface area contributed by atoms with Gasteiger partial charge in [-0.2, -0.15) is 0 Å². The average molecular weight is 442 g/mol. The Bertz CT molecular complexity index is 931. The average Bonchev–Trinajstić information content (AvgIpc) is 3.34. The first-order chi connectivity index (χ1) is 13.0. The molecule has 1 aliphatic rings. The highest BCUT2D eigenvalue weighted by atomic mass is 35.5. The molecule has 2 aromatic heterocycles. The number of rotatable bonds is 5. The molecule has 3 aromatic rings. The van der Waals surface area contributed by atoms with Crippen LogP contribution in [0.2, 0.25) is 10.0 Å². The first kappa shape index (κ1) is 19.0. The van der Waals surface area contributed by atoms with Crippen LogP contribution in [0.5, 0.6) is 0 Å². The Balaban J connectivity index is 1.43. The third-order valence-corrected chi connectivity index (χ3v) is 7.35. The molecule has 27 heavy (non-hydrogen) atoms. The number of carbonyl (C=O) groups is 1. The van der Waals surface area contributed by atoms with Gasteiger partial charge in [-0.3, -0.25) is 4.79 Å². The van der Waals surface area contributed by atoms with Crippen molar-refractivity contribution in [3.8, 4) is 0 Å². The van der Waals surface area contributed by atoms with E-state index in [1.54, 1.807) is 29.5 Å². The van der Waals surface area contributed by atoms with E-state index in [0.29, 0.717) is 20.5 Å². The van der Waals surface area contributed by atoms with Crippen molar-refractivity contribution in [2.24, 2.45) is 0 Å². The predicted molar refractivity (Wildman–Crippen MR) is 113 cm³/mol. The van der Waals surface area contributed by atoms with Crippen LogP contribution in [0.25, 0.3) is 9.53 Å². The van der Waals surface area contributed by atoms with Gasteiger partial charge in [-0.1, -0.05) is 40.6 Å². The number of benzene rings is 1. The smallest absolute Gasteiger partial charge is 0.261 e. The Labute approximate surface area is 174 Å². The van der Waals surface area contributed by atoms with E-state index < -0.39 is 6.10 Å². The highest BCUT2D eigenvalue weighted by molar-refractivity contribution is 7.29. The molecule has 4 rings (SSSR count). The van der Waals surface area contributed by atoms with E-state index in [-0.39, 0.29) is 12.5 Å². The number of anilines is 1. The molecule has 1 fully saturated rings. The van der Waals surface area contributed by atoms with Crippen molar-refractivity contribution in [2.45, 2.75) is 18.9 Å². The molecule has 2 N–H and O–H groups in total. The van der Waals surface area contributed by atoms with Crippen LogP contribution in [0.1, 0.15) is 34.2 Å². The van der Waals surface area contributed by atoms with E-state index in [1.807, 2.05) is 6.07 Å². The van der Waals surface area contributed by atoms with Crippen molar-refractivity contribution in [3.05, 3.63) is 44.8 Å². The molecule has 1 atom stereocenters. The number of fused-ring (bicyclic) bond motifs is 1. The lowest BCUT2D eigenvalue weighted by Gasteiger charge is -2.15. The monoisotopic (exact) mass is 441 g/mol. The molecule has 0 saturated carbocycles. The summed E-state index contributed by atoms with van der Waals surface area (Å²) in [7, 11) is 0. The van der Waals surface area contributed by atoms with Gasteiger partial charge in [0, 0.05) is 35.2 Å².